The smallest absolute Gasteiger partial charge is 0.233 e. The summed E-state index contributed by atoms with van der Waals surface area (Å²) in [6.07, 6.45) is 4.26. The van der Waals surface area contributed by atoms with E-state index in [2.05, 4.69) is 0 Å². The van der Waals surface area contributed by atoms with E-state index in [4.69, 9.17) is 9.47 Å². The van der Waals surface area contributed by atoms with Crippen LogP contribution < -0.4 is 4.74 Å². The van der Waals surface area contributed by atoms with Crippen LogP contribution in [0.1, 0.15) is 24.0 Å². The molecule has 0 bridgehead atoms. The summed E-state index contributed by atoms with van der Waals surface area (Å²) in [4.78, 5) is 10.6. The maximum atomic E-state index is 10.6. The van der Waals surface area contributed by atoms with E-state index in [1.165, 1.54) is 0 Å². The van der Waals surface area contributed by atoms with Gasteiger partial charge in [0.15, 0.2) is 0 Å². The average molecular weight is 219 g/mol. The fraction of sp³-hybridized carbons (Fsp3) is 0.462. The summed E-state index contributed by atoms with van der Waals surface area (Å²) >= 11 is 0. The first-order chi connectivity index (χ1) is 7.79. The molecule has 1 unspecified atom stereocenters. The van der Waals surface area contributed by atoms with Gasteiger partial charge in [-0.3, -0.25) is 4.79 Å². The lowest BCUT2D eigenvalue weighted by Crippen LogP contribution is -2.16. The van der Waals surface area contributed by atoms with E-state index in [0.29, 0.717) is 17.9 Å². The third-order valence-electron chi connectivity index (χ3n) is 2.78. The van der Waals surface area contributed by atoms with Crippen molar-refractivity contribution in [2.24, 2.45) is 0 Å². The SMILES string of the molecule is Cc1ccc(OCC2CCCO2)cc1[C]=O. The zero-order valence-corrected chi connectivity index (χ0v) is 9.36. The molecule has 0 spiro atoms. The van der Waals surface area contributed by atoms with E-state index in [0.717, 1.165) is 25.0 Å². The summed E-state index contributed by atoms with van der Waals surface area (Å²) in [5, 5.41) is 0. The van der Waals surface area contributed by atoms with Gasteiger partial charge in [-0.05, 0) is 37.5 Å². The van der Waals surface area contributed by atoms with E-state index in [1.54, 1.807) is 6.07 Å². The Morgan fingerprint density at radius 3 is 3.12 bits per heavy atom. The molecule has 1 aliphatic rings. The number of aryl methyl sites for hydroxylation is 1. The molecule has 1 fully saturated rings. The van der Waals surface area contributed by atoms with Crippen LogP contribution in [0.5, 0.6) is 5.75 Å². The van der Waals surface area contributed by atoms with Gasteiger partial charge in [0.05, 0.1) is 6.10 Å². The van der Waals surface area contributed by atoms with Crippen molar-refractivity contribution in [2.75, 3.05) is 13.2 Å². The molecule has 1 aliphatic heterocycles. The number of hydrogen-bond donors (Lipinski definition) is 0. The molecule has 0 amide bonds. The molecule has 3 heteroatoms. The van der Waals surface area contributed by atoms with Gasteiger partial charge < -0.3 is 9.47 Å². The maximum Gasteiger partial charge on any atom is 0.233 e. The highest BCUT2D eigenvalue weighted by Crippen LogP contribution is 2.18. The van der Waals surface area contributed by atoms with Gasteiger partial charge in [-0.25, -0.2) is 0 Å². The van der Waals surface area contributed by atoms with Crippen LogP contribution in [-0.4, -0.2) is 25.6 Å². The minimum Gasteiger partial charge on any atom is -0.491 e. The summed E-state index contributed by atoms with van der Waals surface area (Å²) in [5.41, 5.74) is 1.48. The predicted molar refractivity (Wildman–Crippen MR) is 60.4 cm³/mol. The van der Waals surface area contributed by atoms with Gasteiger partial charge >= 0.3 is 0 Å². The van der Waals surface area contributed by atoms with Crippen molar-refractivity contribution < 1.29 is 14.3 Å². The van der Waals surface area contributed by atoms with Crippen molar-refractivity contribution in [2.45, 2.75) is 25.9 Å². The minimum atomic E-state index is 0.199. The van der Waals surface area contributed by atoms with Crippen LogP contribution in [0, 0.1) is 6.92 Å². The van der Waals surface area contributed by atoms with Gasteiger partial charge in [0.25, 0.3) is 0 Å². The summed E-state index contributed by atoms with van der Waals surface area (Å²) in [6.45, 7) is 3.26. The third-order valence-corrected chi connectivity index (χ3v) is 2.78. The molecule has 1 radical (unpaired) electrons. The van der Waals surface area contributed by atoms with Gasteiger partial charge in [0.1, 0.15) is 12.4 Å². The Morgan fingerprint density at radius 2 is 2.44 bits per heavy atom. The zero-order chi connectivity index (χ0) is 11.4. The van der Waals surface area contributed by atoms with Gasteiger partial charge in [0, 0.05) is 12.2 Å². The van der Waals surface area contributed by atoms with Crippen molar-refractivity contribution in [1.29, 1.82) is 0 Å². The van der Waals surface area contributed by atoms with E-state index < -0.39 is 0 Å². The first-order valence-corrected chi connectivity index (χ1v) is 5.53. The molecule has 1 saturated heterocycles. The predicted octanol–water partition coefficient (Wildman–Crippen LogP) is 2.01. The molecule has 2 rings (SSSR count). The standard InChI is InChI=1S/C13H15O3/c1-10-4-5-12(7-11(10)8-14)16-9-13-3-2-6-15-13/h4-5,7,13H,2-3,6,9H2,1H3. The highest BCUT2D eigenvalue weighted by molar-refractivity contribution is 5.78. The Labute approximate surface area is 95.4 Å². The highest BCUT2D eigenvalue weighted by atomic mass is 16.5. The number of rotatable bonds is 4. The first kappa shape index (κ1) is 11.1. The molecule has 1 atom stereocenters. The number of carbonyl (C=O) groups excluding carboxylic acids is 1. The maximum absolute atomic E-state index is 10.6. The molecule has 1 aromatic rings. The van der Waals surface area contributed by atoms with Crippen LogP contribution in [-0.2, 0) is 9.53 Å². The van der Waals surface area contributed by atoms with Gasteiger partial charge in [-0.2, -0.15) is 0 Å². The fourth-order valence-electron chi connectivity index (χ4n) is 1.77. The largest absolute Gasteiger partial charge is 0.491 e. The molecule has 1 heterocycles. The molecular weight excluding hydrogens is 204 g/mol. The lowest BCUT2D eigenvalue weighted by molar-refractivity contribution is 0.0679. The molecular formula is C13H15O3. The third kappa shape index (κ3) is 2.61. The summed E-state index contributed by atoms with van der Waals surface area (Å²) in [5.74, 6) is 0.708. The number of hydrogen-bond acceptors (Lipinski definition) is 3. The average Bonchev–Trinajstić information content (AvgIpc) is 2.81. The summed E-state index contributed by atoms with van der Waals surface area (Å²) < 4.78 is 11.0. The topological polar surface area (TPSA) is 35.5 Å². The molecule has 0 aromatic heterocycles. The number of ether oxygens (including phenoxy) is 2. The Hall–Kier alpha value is -1.35. The van der Waals surface area contributed by atoms with Crippen molar-refractivity contribution in [1.82, 2.24) is 0 Å². The monoisotopic (exact) mass is 219 g/mol. The molecule has 0 aliphatic carbocycles. The van der Waals surface area contributed by atoms with Crippen LogP contribution in [0.25, 0.3) is 0 Å². The second-order valence-electron chi connectivity index (χ2n) is 4.02. The van der Waals surface area contributed by atoms with Crippen LogP contribution in [0.2, 0.25) is 0 Å². The van der Waals surface area contributed by atoms with Crippen molar-refractivity contribution in [3.63, 3.8) is 0 Å². The molecule has 0 saturated carbocycles. The van der Waals surface area contributed by atoms with Crippen LogP contribution in [0.3, 0.4) is 0 Å². The lowest BCUT2D eigenvalue weighted by atomic mass is 10.1. The first-order valence-electron chi connectivity index (χ1n) is 5.53. The Balaban J connectivity index is 1.95. The minimum absolute atomic E-state index is 0.199. The Morgan fingerprint density at radius 1 is 1.56 bits per heavy atom. The molecule has 3 nitrogen and oxygen atoms in total. The van der Waals surface area contributed by atoms with Crippen LogP contribution in [0.15, 0.2) is 18.2 Å². The fourth-order valence-corrected chi connectivity index (χ4v) is 1.77. The van der Waals surface area contributed by atoms with Crippen LogP contribution >= 0.6 is 0 Å². The summed E-state index contributed by atoms with van der Waals surface area (Å²) in [6, 6.07) is 5.45. The quantitative estimate of drug-likeness (QED) is 0.777. The van der Waals surface area contributed by atoms with Gasteiger partial charge in [0.2, 0.25) is 6.29 Å². The zero-order valence-electron chi connectivity index (χ0n) is 9.36. The molecule has 0 N–H and O–H groups in total. The highest BCUT2D eigenvalue weighted by Gasteiger charge is 2.16. The second-order valence-corrected chi connectivity index (χ2v) is 4.02. The van der Waals surface area contributed by atoms with E-state index in [1.807, 2.05) is 25.3 Å². The van der Waals surface area contributed by atoms with Crippen molar-refractivity contribution in [3.8, 4) is 5.75 Å². The van der Waals surface area contributed by atoms with Crippen LogP contribution in [0.4, 0.5) is 0 Å². The van der Waals surface area contributed by atoms with E-state index in [9.17, 15) is 4.79 Å². The van der Waals surface area contributed by atoms with E-state index >= 15 is 0 Å². The normalized spacial score (nSPS) is 19.7. The molecule has 1 aromatic carbocycles. The van der Waals surface area contributed by atoms with Gasteiger partial charge in [-0.1, -0.05) is 6.07 Å². The van der Waals surface area contributed by atoms with E-state index in [-0.39, 0.29) is 6.10 Å². The Bertz CT molecular complexity index is 367. The summed E-state index contributed by atoms with van der Waals surface area (Å²) in [7, 11) is 0. The Kier molecular flexibility index (Phi) is 3.57. The molecule has 16 heavy (non-hydrogen) atoms. The number of benzene rings is 1. The lowest BCUT2D eigenvalue weighted by Gasteiger charge is -2.12. The molecule has 85 valence electrons. The van der Waals surface area contributed by atoms with Crippen molar-refractivity contribution >= 4 is 6.29 Å². The van der Waals surface area contributed by atoms with Crippen molar-refractivity contribution in [3.05, 3.63) is 29.3 Å². The van der Waals surface area contributed by atoms with Gasteiger partial charge in [-0.15, -0.1) is 0 Å². The second kappa shape index (κ2) is 5.12.